The number of aromatic nitrogens is 2. The lowest BCUT2D eigenvalue weighted by Gasteiger charge is -2.11. The molecule has 0 unspecified atom stereocenters. The van der Waals surface area contributed by atoms with E-state index in [1.165, 1.54) is 18.2 Å². The molecule has 0 fully saturated rings. The minimum atomic E-state index is -0.658. The van der Waals surface area contributed by atoms with E-state index in [2.05, 4.69) is 15.3 Å². The molecule has 0 atom stereocenters. The normalized spacial score (nSPS) is 10.7. The lowest BCUT2D eigenvalue weighted by Crippen LogP contribution is -2.18. The number of hydrogen-bond acceptors (Lipinski definition) is 3. The Hall–Kier alpha value is -3.02. The van der Waals surface area contributed by atoms with Crippen molar-refractivity contribution in [1.29, 1.82) is 0 Å². The number of rotatable bonds is 4. The number of nitrogens with zero attached hydrogens (tertiary/aromatic N) is 1. The zero-order valence-electron chi connectivity index (χ0n) is 13.9. The van der Waals surface area contributed by atoms with Crippen LogP contribution in [0, 0.1) is 25.5 Å². The molecule has 25 heavy (non-hydrogen) atoms. The van der Waals surface area contributed by atoms with Gasteiger partial charge in [0.05, 0.1) is 5.69 Å². The quantitative estimate of drug-likeness (QED) is 0.754. The summed E-state index contributed by atoms with van der Waals surface area (Å²) in [6.07, 6.45) is -0.100. The summed E-state index contributed by atoms with van der Waals surface area (Å²) in [5.41, 5.74) is 2.05. The van der Waals surface area contributed by atoms with Crippen molar-refractivity contribution in [3.63, 3.8) is 0 Å². The third-order valence-electron chi connectivity index (χ3n) is 3.97. The SMILES string of the molecule is Cc1ccc(Nc2nc(Cc3c(F)cccc3F)c(C)c(=O)[nH]2)cc1. The summed E-state index contributed by atoms with van der Waals surface area (Å²) in [6.45, 7) is 3.55. The van der Waals surface area contributed by atoms with Crippen LogP contribution in [0.3, 0.4) is 0 Å². The molecular formula is C19H17F2N3O. The van der Waals surface area contributed by atoms with Gasteiger partial charge in [-0.05, 0) is 38.1 Å². The largest absolute Gasteiger partial charge is 0.326 e. The lowest BCUT2D eigenvalue weighted by atomic mass is 10.1. The van der Waals surface area contributed by atoms with E-state index in [4.69, 9.17) is 0 Å². The Balaban J connectivity index is 1.96. The first-order chi connectivity index (χ1) is 11.9. The van der Waals surface area contributed by atoms with Crippen molar-refractivity contribution >= 4 is 11.6 Å². The molecule has 0 radical (unpaired) electrons. The minimum Gasteiger partial charge on any atom is -0.326 e. The van der Waals surface area contributed by atoms with Gasteiger partial charge in [-0.15, -0.1) is 0 Å². The van der Waals surface area contributed by atoms with Crippen LogP contribution in [0.15, 0.2) is 47.3 Å². The second-order valence-electron chi connectivity index (χ2n) is 5.85. The molecular weight excluding hydrogens is 324 g/mol. The third-order valence-corrected chi connectivity index (χ3v) is 3.97. The Kier molecular flexibility index (Phi) is 4.61. The van der Waals surface area contributed by atoms with Crippen molar-refractivity contribution in [3.05, 3.63) is 86.8 Å². The fourth-order valence-corrected chi connectivity index (χ4v) is 2.45. The molecule has 0 spiro atoms. The highest BCUT2D eigenvalue weighted by molar-refractivity contribution is 5.53. The zero-order chi connectivity index (χ0) is 18.0. The standard InChI is InChI=1S/C19H17F2N3O/c1-11-6-8-13(9-7-11)22-19-23-17(12(2)18(25)24-19)10-14-15(20)4-3-5-16(14)21/h3-9H,10H2,1-2H3,(H2,22,23,24,25). The average Bonchev–Trinajstić information content (AvgIpc) is 2.57. The summed E-state index contributed by atoms with van der Waals surface area (Å²) in [7, 11) is 0. The van der Waals surface area contributed by atoms with E-state index in [0.29, 0.717) is 11.3 Å². The Labute approximate surface area is 143 Å². The maximum atomic E-state index is 13.9. The molecule has 0 aliphatic rings. The van der Waals surface area contributed by atoms with Gasteiger partial charge >= 0.3 is 0 Å². The van der Waals surface area contributed by atoms with Crippen LogP contribution in [0.25, 0.3) is 0 Å². The van der Waals surface area contributed by atoms with Crippen molar-refractivity contribution < 1.29 is 8.78 Å². The molecule has 0 aliphatic heterocycles. The average molecular weight is 341 g/mol. The van der Waals surface area contributed by atoms with E-state index in [1.54, 1.807) is 6.92 Å². The first kappa shape index (κ1) is 16.8. The molecule has 128 valence electrons. The van der Waals surface area contributed by atoms with E-state index < -0.39 is 11.6 Å². The second-order valence-corrected chi connectivity index (χ2v) is 5.85. The Morgan fingerprint density at radius 3 is 2.32 bits per heavy atom. The molecule has 4 nitrogen and oxygen atoms in total. The predicted octanol–water partition coefficient (Wildman–Crippen LogP) is 4.00. The van der Waals surface area contributed by atoms with Gasteiger partial charge in [0.25, 0.3) is 5.56 Å². The third kappa shape index (κ3) is 3.74. The fourth-order valence-electron chi connectivity index (χ4n) is 2.45. The van der Waals surface area contributed by atoms with Crippen molar-refractivity contribution in [2.75, 3.05) is 5.32 Å². The highest BCUT2D eigenvalue weighted by Gasteiger charge is 2.14. The molecule has 0 saturated carbocycles. The highest BCUT2D eigenvalue weighted by atomic mass is 19.1. The molecule has 0 amide bonds. The molecule has 2 N–H and O–H groups in total. The molecule has 0 aliphatic carbocycles. The summed E-state index contributed by atoms with van der Waals surface area (Å²) in [5.74, 6) is -1.09. The van der Waals surface area contributed by atoms with Gasteiger partial charge in [0, 0.05) is 23.2 Å². The molecule has 1 aromatic heterocycles. The van der Waals surface area contributed by atoms with E-state index in [0.717, 1.165) is 11.3 Å². The van der Waals surface area contributed by atoms with Gasteiger partial charge in [-0.25, -0.2) is 13.8 Å². The van der Waals surface area contributed by atoms with Crippen LogP contribution >= 0.6 is 0 Å². The van der Waals surface area contributed by atoms with Crippen LogP contribution in [0.2, 0.25) is 0 Å². The molecule has 0 bridgehead atoms. The number of hydrogen-bond donors (Lipinski definition) is 2. The van der Waals surface area contributed by atoms with Crippen molar-refractivity contribution in [1.82, 2.24) is 9.97 Å². The monoisotopic (exact) mass is 341 g/mol. The van der Waals surface area contributed by atoms with Gasteiger partial charge < -0.3 is 5.32 Å². The number of halogens is 2. The Bertz CT molecular complexity index is 945. The van der Waals surface area contributed by atoms with Gasteiger partial charge in [0.1, 0.15) is 11.6 Å². The number of nitrogens with one attached hydrogen (secondary N) is 2. The first-order valence-corrected chi connectivity index (χ1v) is 7.80. The molecule has 3 rings (SSSR count). The number of anilines is 2. The molecule has 2 aromatic carbocycles. The molecule has 3 aromatic rings. The highest BCUT2D eigenvalue weighted by Crippen LogP contribution is 2.19. The van der Waals surface area contributed by atoms with Gasteiger partial charge in [0.2, 0.25) is 5.95 Å². The minimum absolute atomic E-state index is 0.100. The number of aryl methyl sites for hydroxylation is 1. The Morgan fingerprint density at radius 2 is 1.68 bits per heavy atom. The van der Waals surface area contributed by atoms with E-state index in [-0.39, 0.29) is 23.5 Å². The molecule has 6 heteroatoms. The van der Waals surface area contributed by atoms with Gasteiger partial charge in [-0.2, -0.15) is 0 Å². The van der Waals surface area contributed by atoms with Gasteiger partial charge in [-0.3, -0.25) is 9.78 Å². The Morgan fingerprint density at radius 1 is 1.04 bits per heavy atom. The van der Waals surface area contributed by atoms with Crippen LogP contribution in [0.5, 0.6) is 0 Å². The van der Waals surface area contributed by atoms with E-state index in [9.17, 15) is 13.6 Å². The van der Waals surface area contributed by atoms with Crippen molar-refractivity contribution in [2.45, 2.75) is 20.3 Å². The molecule has 1 heterocycles. The fraction of sp³-hybridized carbons (Fsp3) is 0.158. The van der Waals surface area contributed by atoms with Crippen LogP contribution in [-0.4, -0.2) is 9.97 Å². The molecule has 0 saturated heterocycles. The summed E-state index contributed by atoms with van der Waals surface area (Å²) in [4.78, 5) is 19.1. The topological polar surface area (TPSA) is 57.8 Å². The van der Waals surface area contributed by atoms with Crippen molar-refractivity contribution in [3.8, 4) is 0 Å². The number of aromatic amines is 1. The van der Waals surface area contributed by atoms with Gasteiger partial charge in [-0.1, -0.05) is 23.8 Å². The number of H-pyrrole nitrogens is 1. The van der Waals surface area contributed by atoms with Crippen LogP contribution in [-0.2, 0) is 6.42 Å². The van der Waals surface area contributed by atoms with Crippen LogP contribution in [0.4, 0.5) is 20.4 Å². The van der Waals surface area contributed by atoms with Crippen LogP contribution in [0.1, 0.15) is 22.4 Å². The van der Waals surface area contributed by atoms with E-state index >= 15 is 0 Å². The van der Waals surface area contributed by atoms with Crippen molar-refractivity contribution in [2.24, 2.45) is 0 Å². The summed E-state index contributed by atoms with van der Waals surface area (Å²) >= 11 is 0. The first-order valence-electron chi connectivity index (χ1n) is 7.80. The maximum absolute atomic E-state index is 13.9. The second kappa shape index (κ2) is 6.84. The predicted molar refractivity (Wildman–Crippen MR) is 93.2 cm³/mol. The lowest BCUT2D eigenvalue weighted by molar-refractivity contribution is 0.560. The van der Waals surface area contributed by atoms with Gasteiger partial charge in [0.15, 0.2) is 0 Å². The van der Waals surface area contributed by atoms with E-state index in [1.807, 2.05) is 31.2 Å². The maximum Gasteiger partial charge on any atom is 0.255 e. The zero-order valence-corrected chi connectivity index (χ0v) is 13.9. The number of benzene rings is 2. The summed E-state index contributed by atoms with van der Waals surface area (Å²) < 4.78 is 27.8. The summed E-state index contributed by atoms with van der Waals surface area (Å²) in [6, 6.07) is 11.2. The summed E-state index contributed by atoms with van der Waals surface area (Å²) in [5, 5.41) is 3.00. The van der Waals surface area contributed by atoms with Crippen LogP contribution < -0.4 is 10.9 Å². The smallest absolute Gasteiger partial charge is 0.255 e.